The molecule has 4 aliphatic rings. The summed E-state index contributed by atoms with van der Waals surface area (Å²) in [6.07, 6.45) is 8.03. The quantitative estimate of drug-likeness (QED) is 0.863. The minimum absolute atomic E-state index is 0.232. The van der Waals surface area contributed by atoms with Crippen LogP contribution in [0.15, 0.2) is 0 Å². The molecule has 21 heavy (non-hydrogen) atoms. The van der Waals surface area contributed by atoms with E-state index in [9.17, 15) is 4.79 Å². The summed E-state index contributed by atoms with van der Waals surface area (Å²) in [4.78, 5) is 14.2. The second kappa shape index (κ2) is 4.71. The zero-order valence-corrected chi connectivity index (χ0v) is 14.5. The van der Waals surface area contributed by atoms with Gasteiger partial charge >= 0.3 is 0 Å². The van der Waals surface area contributed by atoms with E-state index in [-0.39, 0.29) is 17.5 Å². The summed E-state index contributed by atoms with van der Waals surface area (Å²) >= 11 is 0. The summed E-state index contributed by atoms with van der Waals surface area (Å²) < 4.78 is 0. The first-order valence-corrected chi connectivity index (χ1v) is 8.65. The topological polar surface area (TPSA) is 32.3 Å². The van der Waals surface area contributed by atoms with Gasteiger partial charge in [-0.15, -0.1) is 0 Å². The molecule has 1 amide bonds. The number of carbonyl (C=O) groups is 1. The average Bonchev–Trinajstić information content (AvgIpc) is 2.30. The Balaban J connectivity index is 1.69. The monoisotopic (exact) mass is 292 g/mol. The van der Waals surface area contributed by atoms with Crippen LogP contribution in [0.1, 0.15) is 66.2 Å². The van der Waals surface area contributed by atoms with E-state index in [1.807, 2.05) is 11.9 Å². The number of nitrogens with zero attached hydrogens (tertiary/aromatic N) is 1. The first-order chi connectivity index (χ1) is 9.64. The number of nitrogens with one attached hydrogen (secondary N) is 1. The van der Waals surface area contributed by atoms with Crippen molar-refractivity contribution >= 4 is 5.91 Å². The van der Waals surface area contributed by atoms with Crippen molar-refractivity contribution in [2.45, 2.75) is 77.8 Å². The maximum Gasteiger partial charge on any atom is 0.236 e. The Morgan fingerprint density at radius 1 is 1.14 bits per heavy atom. The van der Waals surface area contributed by atoms with Gasteiger partial charge in [0.05, 0.1) is 6.54 Å². The van der Waals surface area contributed by atoms with Crippen LogP contribution in [0.5, 0.6) is 0 Å². The second-order valence-corrected chi connectivity index (χ2v) is 9.36. The molecule has 0 saturated heterocycles. The fraction of sp³-hybridized carbons (Fsp3) is 0.944. The van der Waals surface area contributed by atoms with E-state index in [4.69, 9.17) is 0 Å². The Morgan fingerprint density at radius 2 is 1.71 bits per heavy atom. The molecule has 0 aliphatic heterocycles. The van der Waals surface area contributed by atoms with Crippen LogP contribution in [-0.4, -0.2) is 36.0 Å². The molecule has 4 bridgehead atoms. The van der Waals surface area contributed by atoms with E-state index in [1.54, 1.807) is 0 Å². The standard InChI is InChI=1S/C18H32N2O/c1-13(2)20(5)15(21)9-19-18-8-14-6-16(3,11-18)10-17(4,7-14)12-18/h13-14,19H,6-12H2,1-5H3. The van der Waals surface area contributed by atoms with Gasteiger partial charge in [0.25, 0.3) is 0 Å². The molecule has 4 rings (SSSR count). The van der Waals surface area contributed by atoms with Gasteiger partial charge in [0, 0.05) is 18.6 Å². The Hall–Kier alpha value is -0.570. The van der Waals surface area contributed by atoms with Crippen LogP contribution in [0, 0.1) is 16.7 Å². The maximum atomic E-state index is 12.3. The molecule has 120 valence electrons. The Morgan fingerprint density at radius 3 is 2.19 bits per heavy atom. The van der Waals surface area contributed by atoms with Crippen molar-refractivity contribution in [3.05, 3.63) is 0 Å². The number of likely N-dealkylation sites (N-methyl/N-ethyl adjacent to an activating group) is 1. The van der Waals surface area contributed by atoms with Gasteiger partial charge in [0.1, 0.15) is 0 Å². The third kappa shape index (κ3) is 2.74. The molecule has 2 atom stereocenters. The minimum atomic E-state index is 0.232. The smallest absolute Gasteiger partial charge is 0.236 e. The number of rotatable bonds is 4. The van der Waals surface area contributed by atoms with Gasteiger partial charge < -0.3 is 10.2 Å². The number of hydrogen-bond donors (Lipinski definition) is 1. The van der Waals surface area contributed by atoms with Gasteiger partial charge in [0.15, 0.2) is 0 Å². The predicted octanol–water partition coefficient (Wildman–Crippen LogP) is 3.19. The highest BCUT2D eigenvalue weighted by molar-refractivity contribution is 5.78. The number of carbonyl (C=O) groups excluding carboxylic acids is 1. The zero-order valence-electron chi connectivity index (χ0n) is 14.5. The van der Waals surface area contributed by atoms with E-state index >= 15 is 0 Å². The van der Waals surface area contributed by atoms with E-state index in [0.717, 1.165) is 5.92 Å². The lowest BCUT2D eigenvalue weighted by Crippen LogP contribution is -2.65. The minimum Gasteiger partial charge on any atom is -0.342 e. The number of amides is 1. The Kier molecular flexibility index (Phi) is 3.44. The van der Waals surface area contributed by atoms with Gasteiger partial charge in [-0.3, -0.25) is 4.79 Å². The van der Waals surface area contributed by atoms with Crippen LogP contribution in [0.3, 0.4) is 0 Å². The first kappa shape index (κ1) is 15.3. The van der Waals surface area contributed by atoms with Crippen molar-refractivity contribution in [3.63, 3.8) is 0 Å². The summed E-state index contributed by atoms with van der Waals surface area (Å²) in [5.41, 5.74) is 1.25. The van der Waals surface area contributed by atoms with Crippen molar-refractivity contribution in [1.29, 1.82) is 0 Å². The van der Waals surface area contributed by atoms with Crippen LogP contribution in [0.25, 0.3) is 0 Å². The summed E-state index contributed by atoms with van der Waals surface area (Å²) in [5, 5.41) is 3.72. The van der Waals surface area contributed by atoms with Crippen molar-refractivity contribution in [2.24, 2.45) is 16.7 Å². The van der Waals surface area contributed by atoms with Crippen molar-refractivity contribution < 1.29 is 4.79 Å². The molecule has 0 aromatic rings. The lowest BCUT2D eigenvalue weighted by molar-refractivity contribution is -0.136. The van der Waals surface area contributed by atoms with Crippen molar-refractivity contribution in [3.8, 4) is 0 Å². The normalized spacial score (nSPS) is 44.4. The van der Waals surface area contributed by atoms with Crippen LogP contribution < -0.4 is 5.32 Å². The summed E-state index contributed by atoms with van der Waals surface area (Å²) in [6.45, 7) is 9.62. The lowest BCUT2D eigenvalue weighted by atomic mass is 9.43. The largest absolute Gasteiger partial charge is 0.342 e. The molecule has 0 heterocycles. The van der Waals surface area contributed by atoms with Gasteiger partial charge in [-0.1, -0.05) is 13.8 Å². The molecule has 4 aliphatic carbocycles. The van der Waals surface area contributed by atoms with E-state index in [1.165, 1.54) is 38.5 Å². The molecular weight excluding hydrogens is 260 g/mol. The molecule has 4 saturated carbocycles. The fourth-order valence-electron chi connectivity index (χ4n) is 6.32. The molecule has 0 spiro atoms. The molecule has 4 fully saturated rings. The highest BCUT2D eigenvalue weighted by Gasteiger charge is 2.59. The highest BCUT2D eigenvalue weighted by atomic mass is 16.2. The predicted molar refractivity (Wildman–Crippen MR) is 86.0 cm³/mol. The molecule has 1 N–H and O–H groups in total. The zero-order chi connectivity index (χ0) is 15.5. The average molecular weight is 292 g/mol. The van der Waals surface area contributed by atoms with Gasteiger partial charge in [0.2, 0.25) is 5.91 Å². The van der Waals surface area contributed by atoms with Crippen LogP contribution in [0.2, 0.25) is 0 Å². The molecule has 3 nitrogen and oxygen atoms in total. The number of hydrogen-bond acceptors (Lipinski definition) is 2. The highest BCUT2D eigenvalue weighted by Crippen LogP contribution is 2.66. The lowest BCUT2D eigenvalue weighted by Gasteiger charge is -2.65. The van der Waals surface area contributed by atoms with Crippen molar-refractivity contribution in [2.75, 3.05) is 13.6 Å². The van der Waals surface area contributed by atoms with Crippen LogP contribution >= 0.6 is 0 Å². The third-order valence-electron chi connectivity index (χ3n) is 6.41. The summed E-state index contributed by atoms with van der Waals surface area (Å²) in [6, 6.07) is 0.283. The van der Waals surface area contributed by atoms with Crippen molar-refractivity contribution in [1.82, 2.24) is 10.2 Å². The maximum absolute atomic E-state index is 12.3. The van der Waals surface area contributed by atoms with E-state index in [0.29, 0.717) is 17.4 Å². The molecule has 0 radical (unpaired) electrons. The fourth-order valence-corrected chi connectivity index (χ4v) is 6.32. The molecule has 3 heteroatoms. The first-order valence-electron chi connectivity index (χ1n) is 8.65. The van der Waals surface area contributed by atoms with Crippen LogP contribution in [0.4, 0.5) is 0 Å². The van der Waals surface area contributed by atoms with Gasteiger partial charge in [-0.05, 0) is 69.1 Å². The third-order valence-corrected chi connectivity index (χ3v) is 6.41. The van der Waals surface area contributed by atoms with Gasteiger partial charge in [-0.2, -0.15) is 0 Å². The SMILES string of the molecule is CC(C)N(C)C(=O)CNC12CC3CC(C)(CC(C)(C3)C1)C2. The van der Waals surface area contributed by atoms with E-state index in [2.05, 4.69) is 33.0 Å². The molecule has 0 aromatic heterocycles. The Labute approximate surface area is 129 Å². The second-order valence-electron chi connectivity index (χ2n) is 9.36. The summed E-state index contributed by atoms with van der Waals surface area (Å²) in [7, 11) is 1.91. The molecular formula is C18H32N2O. The Bertz CT molecular complexity index is 426. The molecule has 0 aromatic carbocycles. The van der Waals surface area contributed by atoms with Gasteiger partial charge in [-0.25, -0.2) is 0 Å². The van der Waals surface area contributed by atoms with E-state index < -0.39 is 0 Å². The molecule has 2 unspecified atom stereocenters. The van der Waals surface area contributed by atoms with Crippen LogP contribution in [-0.2, 0) is 4.79 Å². The summed E-state index contributed by atoms with van der Waals surface area (Å²) in [5.74, 6) is 1.11.